The molecule has 2 unspecified atom stereocenters. The van der Waals surface area contributed by atoms with E-state index in [1.807, 2.05) is 71.6 Å². The number of nitrogens with zero attached hydrogens (tertiary/aromatic N) is 1. The van der Waals surface area contributed by atoms with E-state index in [-0.39, 0.29) is 17.9 Å². The molecule has 1 aliphatic heterocycles. The van der Waals surface area contributed by atoms with Gasteiger partial charge in [0.15, 0.2) is 0 Å². The van der Waals surface area contributed by atoms with Gasteiger partial charge in [-0.25, -0.2) is 0 Å². The summed E-state index contributed by atoms with van der Waals surface area (Å²) in [5.74, 6) is -0.856. The summed E-state index contributed by atoms with van der Waals surface area (Å²) < 4.78 is 5.16. The van der Waals surface area contributed by atoms with Crippen LogP contribution in [0.15, 0.2) is 72.8 Å². The SMILES string of the molecule is COC(=O)C(Cc1cccc(C(C)=N)c1)C1CCCN1C(=O)c1ccc(-c2cccc(CN)c2)cc1. The van der Waals surface area contributed by atoms with Gasteiger partial charge < -0.3 is 20.8 Å². The molecule has 0 aliphatic carbocycles. The predicted molar refractivity (Wildman–Crippen MR) is 142 cm³/mol. The Hall–Kier alpha value is -3.77. The fourth-order valence-corrected chi connectivity index (χ4v) is 5.03. The van der Waals surface area contributed by atoms with Crippen LogP contribution >= 0.6 is 0 Å². The van der Waals surface area contributed by atoms with Crippen LogP contribution in [0.25, 0.3) is 11.1 Å². The monoisotopic (exact) mass is 483 g/mol. The molecule has 6 nitrogen and oxygen atoms in total. The number of nitrogens with two attached hydrogens (primary N) is 1. The Bertz CT molecular complexity index is 1250. The molecule has 1 fully saturated rings. The lowest BCUT2D eigenvalue weighted by Crippen LogP contribution is -2.44. The minimum Gasteiger partial charge on any atom is -0.469 e. The van der Waals surface area contributed by atoms with Gasteiger partial charge in [0.05, 0.1) is 13.0 Å². The van der Waals surface area contributed by atoms with Crippen molar-refractivity contribution in [3.8, 4) is 11.1 Å². The number of ether oxygens (including phenoxy) is 1. The third-order valence-corrected chi connectivity index (χ3v) is 6.97. The number of esters is 1. The van der Waals surface area contributed by atoms with E-state index in [1.165, 1.54) is 7.11 Å². The Morgan fingerprint density at radius 3 is 2.42 bits per heavy atom. The van der Waals surface area contributed by atoms with E-state index in [0.717, 1.165) is 40.7 Å². The molecule has 0 aromatic heterocycles. The van der Waals surface area contributed by atoms with Crippen molar-refractivity contribution in [2.45, 2.75) is 38.8 Å². The van der Waals surface area contributed by atoms with Crippen LogP contribution in [-0.2, 0) is 22.5 Å². The molecule has 3 aromatic carbocycles. The maximum absolute atomic E-state index is 13.5. The minimum absolute atomic E-state index is 0.0715. The van der Waals surface area contributed by atoms with Crippen LogP contribution in [0, 0.1) is 11.3 Å². The largest absolute Gasteiger partial charge is 0.469 e. The number of carbonyl (C=O) groups excluding carboxylic acids is 2. The van der Waals surface area contributed by atoms with E-state index >= 15 is 0 Å². The number of methoxy groups -OCH3 is 1. The second kappa shape index (κ2) is 11.3. The quantitative estimate of drug-likeness (QED) is 0.354. The number of nitrogens with one attached hydrogen (secondary N) is 1. The van der Waals surface area contributed by atoms with Crippen LogP contribution in [0.2, 0.25) is 0 Å². The summed E-state index contributed by atoms with van der Waals surface area (Å²) in [6, 6.07) is 23.1. The lowest BCUT2D eigenvalue weighted by Gasteiger charge is -2.30. The number of carbonyl (C=O) groups is 2. The molecule has 186 valence electrons. The normalized spacial score (nSPS) is 16.0. The first-order chi connectivity index (χ1) is 17.4. The summed E-state index contributed by atoms with van der Waals surface area (Å²) in [4.78, 5) is 28.2. The highest BCUT2D eigenvalue weighted by molar-refractivity contribution is 5.96. The van der Waals surface area contributed by atoms with E-state index in [2.05, 4.69) is 6.07 Å². The molecule has 0 spiro atoms. The molecule has 1 amide bonds. The molecule has 2 atom stereocenters. The zero-order valence-corrected chi connectivity index (χ0v) is 20.9. The van der Waals surface area contributed by atoms with Crippen molar-refractivity contribution in [1.82, 2.24) is 4.90 Å². The first kappa shape index (κ1) is 25.3. The van der Waals surface area contributed by atoms with Crippen molar-refractivity contribution < 1.29 is 14.3 Å². The van der Waals surface area contributed by atoms with Crippen molar-refractivity contribution in [3.05, 3.63) is 95.1 Å². The highest BCUT2D eigenvalue weighted by atomic mass is 16.5. The molecule has 0 saturated carbocycles. The summed E-state index contributed by atoms with van der Waals surface area (Å²) >= 11 is 0. The van der Waals surface area contributed by atoms with Crippen molar-refractivity contribution in [1.29, 1.82) is 5.41 Å². The Morgan fingerprint density at radius 2 is 1.72 bits per heavy atom. The van der Waals surface area contributed by atoms with Crippen LogP contribution in [0.4, 0.5) is 0 Å². The first-order valence-corrected chi connectivity index (χ1v) is 12.3. The van der Waals surface area contributed by atoms with Crippen LogP contribution in [0.5, 0.6) is 0 Å². The number of rotatable bonds is 8. The van der Waals surface area contributed by atoms with E-state index in [1.54, 1.807) is 6.92 Å². The van der Waals surface area contributed by atoms with Crippen molar-refractivity contribution in [2.75, 3.05) is 13.7 Å². The van der Waals surface area contributed by atoms with Gasteiger partial charge in [-0.2, -0.15) is 0 Å². The zero-order chi connectivity index (χ0) is 25.7. The van der Waals surface area contributed by atoms with Gasteiger partial charge in [0.1, 0.15) is 0 Å². The van der Waals surface area contributed by atoms with Crippen LogP contribution < -0.4 is 5.73 Å². The molecule has 3 N–H and O–H groups in total. The van der Waals surface area contributed by atoms with Gasteiger partial charge in [-0.1, -0.05) is 48.5 Å². The lowest BCUT2D eigenvalue weighted by atomic mass is 9.89. The number of amides is 1. The molecule has 6 heteroatoms. The second-order valence-corrected chi connectivity index (χ2v) is 9.35. The van der Waals surface area contributed by atoms with Gasteiger partial charge in [0.2, 0.25) is 0 Å². The van der Waals surface area contributed by atoms with Gasteiger partial charge in [-0.15, -0.1) is 0 Å². The van der Waals surface area contributed by atoms with Gasteiger partial charge in [0.25, 0.3) is 5.91 Å². The summed E-state index contributed by atoms with van der Waals surface area (Å²) in [6.45, 7) is 2.83. The van der Waals surface area contributed by atoms with E-state index in [0.29, 0.717) is 30.8 Å². The van der Waals surface area contributed by atoms with E-state index in [4.69, 9.17) is 15.9 Å². The van der Waals surface area contributed by atoms with E-state index < -0.39 is 5.92 Å². The van der Waals surface area contributed by atoms with Gasteiger partial charge in [-0.3, -0.25) is 9.59 Å². The molecular weight excluding hydrogens is 450 g/mol. The maximum Gasteiger partial charge on any atom is 0.311 e. The molecule has 0 radical (unpaired) electrons. The molecule has 1 aliphatic rings. The maximum atomic E-state index is 13.5. The molecule has 1 saturated heterocycles. The van der Waals surface area contributed by atoms with Crippen LogP contribution in [0.3, 0.4) is 0 Å². The Labute approximate surface area is 212 Å². The number of hydrogen-bond donors (Lipinski definition) is 2. The van der Waals surface area contributed by atoms with Crippen LogP contribution in [-0.4, -0.2) is 42.2 Å². The third-order valence-electron chi connectivity index (χ3n) is 6.97. The summed E-state index contributed by atoms with van der Waals surface area (Å²) in [5.41, 5.74) is 11.8. The Balaban J connectivity index is 1.55. The van der Waals surface area contributed by atoms with Crippen molar-refractivity contribution in [2.24, 2.45) is 11.7 Å². The van der Waals surface area contributed by atoms with Crippen LogP contribution in [0.1, 0.15) is 46.8 Å². The number of likely N-dealkylation sites (tertiary alicyclic amines) is 1. The molecule has 4 rings (SSSR count). The van der Waals surface area contributed by atoms with Gasteiger partial charge in [0, 0.05) is 30.4 Å². The van der Waals surface area contributed by atoms with Crippen molar-refractivity contribution in [3.63, 3.8) is 0 Å². The molecule has 36 heavy (non-hydrogen) atoms. The highest BCUT2D eigenvalue weighted by Crippen LogP contribution is 2.30. The molecule has 3 aromatic rings. The summed E-state index contributed by atoms with van der Waals surface area (Å²) in [5, 5.41) is 7.93. The Morgan fingerprint density at radius 1 is 1.00 bits per heavy atom. The van der Waals surface area contributed by atoms with E-state index in [9.17, 15) is 9.59 Å². The fraction of sp³-hybridized carbons (Fsp3) is 0.300. The average molecular weight is 484 g/mol. The number of hydrogen-bond acceptors (Lipinski definition) is 5. The standard InChI is InChI=1S/C30H33N3O3/c1-20(32)25-8-3-6-21(16-25)18-27(30(35)36-2)28-10-5-15-33(28)29(34)24-13-11-23(12-14-24)26-9-4-7-22(17-26)19-31/h3-4,6-9,11-14,16-17,27-28,32H,5,10,15,18-19,31H2,1-2H3. The molecular formula is C30H33N3O3. The number of benzene rings is 3. The summed E-state index contributed by atoms with van der Waals surface area (Å²) in [7, 11) is 1.40. The first-order valence-electron chi connectivity index (χ1n) is 12.3. The minimum atomic E-state index is -0.471. The average Bonchev–Trinajstić information content (AvgIpc) is 3.40. The summed E-state index contributed by atoms with van der Waals surface area (Å²) in [6.07, 6.45) is 2.05. The lowest BCUT2D eigenvalue weighted by molar-refractivity contribution is -0.147. The highest BCUT2D eigenvalue weighted by Gasteiger charge is 2.39. The molecule has 1 heterocycles. The Kier molecular flexibility index (Phi) is 7.96. The van der Waals surface area contributed by atoms with Gasteiger partial charge in [-0.05, 0) is 78.3 Å². The molecule has 0 bridgehead atoms. The fourth-order valence-electron chi connectivity index (χ4n) is 5.03. The van der Waals surface area contributed by atoms with Gasteiger partial charge >= 0.3 is 5.97 Å². The predicted octanol–water partition coefficient (Wildman–Crippen LogP) is 4.84. The van der Waals surface area contributed by atoms with Crippen molar-refractivity contribution >= 4 is 17.6 Å². The topological polar surface area (TPSA) is 96.5 Å². The smallest absolute Gasteiger partial charge is 0.311 e. The zero-order valence-electron chi connectivity index (χ0n) is 20.9. The third kappa shape index (κ3) is 5.55. The second-order valence-electron chi connectivity index (χ2n) is 9.35.